The molecule has 0 amide bonds. The number of carboxylic acid groups (broad SMARTS) is 1. The minimum absolute atomic E-state index is 0.0125. The van der Waals surface area contributed by atoms with Crippen molar-refractivity contribution in [2.45, 2.75) is 19.1 Å². The van der Waals surface area contributed by atoms with Crippen LogP contribution in [0.1, 0.15) is 28.9 Å². The van der Waals surface area contributed by atoms with E-state index in [1.54, 1.807) is 43.3 Å². The Kier molecular flexibility index (Phi) is 5.04. The van der Waals surface area contributed by atoms with Gasteiger partial charge < -0.3 is 13.9 Å². The predicted molar refractivity (Wildman–Crippen MR) is 94.7 cm³/mol. The van der Waals surface area contributed by atoms with E-state index < -0.39 is 5.97 Å². The third-order valence-corrected chi connectivity index (χ3v) is 4.24. The molecule has 0 saturated carbocycles. The van der Waals surface area contributed by atoms with Gasteiger partial charge in [0.15, 0.2) is 5.78 Å². The van der Waals surface area contributed by atoms with Gasteiger partial charge in [-0.3, -0.25) is 4.79 Å². The van der Waals surface area contributed by atoms with Crippen LogP contribution in [0.15, 0.2) is 55.4 Å². The largest absolute Gasteiger partial charge is 0.477 e. The lowest BCUT2D eigenvalue weighted by molar-refractivity contribution is -0.131. The molecule has 3 aromatic rings. The first-order valence-corrected chi connectivity index (χ1v) is 8.38. The van der Waals surface area contributed by atoms with Crippen molar-refractivity contribution in [1.82, 2.24) is 10.2 Å². The van der Waals surface area contributed by atoms with Crippen molar-refractivity contribution in [1.29, 1.82) is 0 Å². The number of hydrogen-bond donors (Lipinski definition) is 1. The molecule has 0 aliphatic carbocycles. The van der Waals surface area contributed by atoms with Crippen LogP contribution in [0.3, 0.4) is 0 Å². The highest BCUT2D eigenvalue weighted by Gasteiger charge is 2.15. The average Bonchev–Trinajstić information content (AvgIpc) is 3.23. The molecule has 0 saturated heterocycles. The number of nitrogens with zero attached hydrogens (tertiary/aromatic N) is 2. The predicted octanol–water partition coefficient (Wildman–Crippen LogP) is 4.06. The number of aliphatic carboxylic acids is 1. The van der Waals surface area contributed by atoms with E-state index in [9.17, 15) is 14.7 Å². The quantitative estimate of drug-likeness (QED) is 0.393. The summed E-state index contributed by atoms with van der Waals surface area (Å²) in [5, 5.41) is 16.9. The van der Waals surface area contributed by atoms with E-state index in [0.717, 1.165) is 17.3 Å². The molecule has 0 atom stereocenters. The normalized spacial score (nSPS) is 11.5. The molecule has 0 spiro atoms. The van der Waals surface area contributed by atoms with Gasteiger partial charge in [0.2, 0.25) is 5.89 Å². The van der Waals surface area contributed by atoms with Crippen LogP contribution < -0.4 is 0 Å². The van der Waals surface area contributed by atoms with Crippen LogP contribution in [0.4, 0.5) is 0 Å². The highest BCUT2D eigenvalue weighted by Crippen LogP contribution is 2.29. The Morgan fingerprint density at radius 3 is 2.38 bits per heavy atom. The highest BCUT2D eigenvalue weighted by atomic mass is 32.2. The molecule has 0 fully saturated rings. The Hall–Kier alpha value is -3.13. The molecule has 7 nitrogen and oxygen atoms in total. The molecular formula is C18H14N2O5S. The maximum atomic E-state index is 11.4. The van der Waals surface area contributed by atoms with Crippen molar-refractivity contribution in [2.75, 3.05) is 0 Å². The van der Waals surface area contributed by atoms with Gasteiger partial charge in [0.25, 0.3) is 5.22 Å². The van der Waals surface area contributed by atoms with E-state index in [4.69, 9.17) is 8.83 Å². The van der Waals surface area contributed by atoms with E-state index in [2.05, 4.69) is 10.2 Å². The van der Waals surface area contributed by atoms with Crippen molar-refractivity contribution in [2.24, 2.45) is 0 Å². The van der Waals surface area contributed by atoms with Gasteiger partial charge in [-0.25, -0.2) is 4.79 Å². The van der Waals surface area contributed by atoms with Crippen molar-refractivity contribution in [3.63, 3.8) is 0 Å². The number of hydrogen-bond acceptors (Lipinski definition) is 7. The molecule has 2 heterocycles. The molecule has 0 unspecified atom stereocenters. The number of ketones is 1. The van der Waals surface area contributed by atoms with Gasteiger partial charge in [-0.2, -0.15) is 0 Å². The fraction of sp³-hybridized carbons (Fsp3) is 0.111. The minimum Gasteiger partial charge on any atom is -0.477 e. The van der Waals surface area contributed by atoms with Crippen LogP contribution >= 0.6 is 11.8 Å². The number of carbonyl (C=O) groups excluding carboxylic acids is 1. The fourth-order valence-electron chi connectivity index (χ4n) is 2.13. The van der Waals surface area contributed by atoms with Crippen LogP contribution in [-0.2, 0) is 4.79 Å². The van der Waals surface area contributed by atoms with Gasteiger partial charge in [-0.05, 0) is 30.8 Å². The molecule has 1 N–H and O–H groups in total. The zero-order chi connectivity index (χ0) is 18.7. The standard InChI is InChI=1S/C18H14N2O5S/c1-10(21)12-3-5-13(6-4-12)15-8-7-14(25-15)9-16(17(22)23)26-18-20-19-11(2)24-18/h3-9H,1-2H3,(H,22,23)/b16-9+. The summed E-state index contributed by atoms with van der Waals surface area (Å²) in [5.41, 5.74) is 1.39. The molecule has 8 heteroatoms. The first-order valence-electron chi connectivity index (χ1n) is 7.56. The van der Waals surface area contributed by atoms with E-state index in [1.165, 1.54) is 13.0 Å². The molecule has 1 aromatic carbocycles. The summed E-state index contributed by atoms with van der Waals surface area (Å²) in [6.45, 7) is 3.12. The van der Waals surface area contributed by atoms with Gasteiger partial charge in [0, 0.05) is 24.1 Å². The van der Waals surface area contributed by atoms with Crippen LogP contribution in [0.25, 0.3) is 17.4 Å². The summed E-state index contributed by atoms with van der Waals surface area (Å²) in [4.78, 5) is 22.8. The molecule has 2 aromatic heterocycles. The van der Waals surface area contributed by atoms with Crippen LogP contribution in [0, 0.1) is 6.92 Å². The number of carbonyl (C=O) groups is 2. The Bertz CT molecular complexity index is 985. The zero-order valence-corrected chi connectivity index (χ0v) is 14.7. The second kappa shape index (κ2) is 7.40. The molecule has 3 rings (SSSR count). The van der Waals surface area contributed by atoms with Crippen LogP contribution in [-0.4, -0.2) is 27.1 Å². The molecule has 132 valence electrons. The molecule has 0 aliphatic rings. The first-order chi connectivity index (χ1) is 12.4. The molecule has 26 heavy (non-hydrogen) atoms. The van der Waals surface area contributed by atoms with Crippen molar-refractivity contribution in [3.8, 4) is 11.3 Å². The SMILES string of the molecule is CC(=O)c1ccc(-c2ccc(/C=C(/Sc3nnc(C)o3)C(=O)O)o2)cc1. The fourth-order valence-corrected chi connectivity index (χ4v) is 2.83. The average molecular weight is 370 g/mol. The van der Waals surface area contributed by atoms with Gasteiger partial charge >= 0.3 is 5.97 Å². The van der Waals surface area contributed by atoms with Gasteiger partial charge in [-0.15, -0.1) is 10.2 Å². The highest BCUT2D eigenvalue weighted by molar-refractivity contribution is 8.03. The van der Waals surface area contributed by atoms with Gasteiger partial charge in [-0.1, -0.05) is 24.3 Å². The first kappa shape index (κ1) is 17.7. The summed E-state index contributed by atoms with van der Waals surface area (Å²) in [6.07, 6.45) is 1.39. The maximum absolute atomic E-state index is 11.4. The topological polar surface area (TPSA) is 106 Å². The van der Waals surface area contributed by atoms with E-state index >= 15 is 0 Å². The van der Waals surface area contributed by atoms with Crippen LogP contribution in [0.5, 0.6) is 0 Å². The van der Waals surface area contributed by atoms with Crippen molar-refractivity contribution < 1.29 is 23.5 Å². The van der Waals surface area contributed by atoms with E-state index in [-0.39, 0.29) is 15.9 Å². The maximum Gasteiger partial charge on any atom is 0.342 e. The van der Waals surface area contributed by atoms with Gasteiger partial charge in [0.05, 0.1) is 0 Å². The smallest absolute Gasteiger partial charge is 0.342 e. The molecular weight excluding hydrogens is 356 g/mol. The lowest BCUT2D eigenvalue weighted by Crippen LogP contribution is -1.96. The monoisotopic (exact) mass is 370 g/mol. The molecule has 0 bridgehead atoms. The second-order valence-electron chi connectivity index (χ2n) is 5.34. The summed E-state index contributed by atoms with van der Waals surface area (Å²) in [7, 11) is 0. The number of aryl methyl sites for hydroxylation is 1. The number of Topliss-reactive ketones (excluding diaryl/α,β-unsaturated/α-hetero) is 1. The van der Waals surface area contributed by atoms with E-state index in [1.807, 2.05) is 0 Å². The third kappa shape index (κ3) is 4.09. The lowest BCUT2D eigenvalue weighted by atomic mass is 10.1. The Labute approximate surface area is 152 Å². The molecule has 0 aliphatic heterocycles. The summed E-state index contributed by atoms with van der Waals surface area (Å²) in [5.74, 6) is 0.145. The number of benzene rings is 1. The Morgan fingerprint density at radius 1 is 1.08 bits per heavy atom. The molecule has 0 radical (unpaired) electrons. The van der Waals surface area contributed by atoms with E-state index in [0.29, 0.717) is 23.0 Å². The zero-order valence-electron chi connectivity index (χ0n) is 13.9. The Balaban J connectivity index is 1.83. The summed E-state index contributed by atoms with van der Waals surface area (Å²) in [6, 6.07) is 10.4. The number of carboxylic acids is 1. The van der Waals surface area contributed by atoms with Crippen molar-refractivity contribution >= 4 is 29.6 Å². The number of furan rings is 1. The van der Waals surface area contributed by atoms with Crippen molar-refractivity contribution in [3.05, 3.63) is 58.5 Å². The summed E-state index contributed by atoms with van der Waals surface area (Å²) >= 11 is 0.847. The van der Waals surface area contributed by atoms with Gasteiger partial charge in [0.1, 0.15) is 16.4 Å². The number of rotatable bonds is 6. The number of aromatic nitrogens is 2. The lowest BCUT2D eigenvalue weighted by Gasteiger charge is -1.99. The second-order valence-corrected chi connectivity index (χ2v) is 6.33. The Morgan fingerprint density at radius 2 is 1.81 bits per heavy atom. The number of thioether (sulfide) groups is 1. The van der Waals surface area contributed by atoms with Crippen LogP contribution in [0.2, 0.25) is 0 Å². The third-order valence-electron chi connectivity index (χ3n) is 3.39. The summed E-state index contributed by atoms with van der Waals surface area (Å²) < 4.78 is 10.9. The minimum atomic E-state index is -1.13.